The van der Waals surface area contributed by atoms with Gasteiger partial charge in [0, 0.05) is 37.8 Å². The van der Waals surface area contributed by atoms with Crippen molar-refractivity contribution in [3.8, 4) is 0 Å². The van der Waals surface area contributed by atoms with E-state index in [2.05, 4.69) is 36.1 Å². The zero-order valence-electron chi connectivity index (χ0n) is 19.8. The fraction of sp³-hybridized carbons (Fsp3) is 0.481. The summed E-state index contributed by atoms with van der Waals surface area (Å²) in [5, 5.41) is 0. The minimum absolute atomic E-state index is 0.0181. The van der Waals surface area contributed by atoms with E-state index in [1.165, 1.54) is 10.5 Å². The summed E-state index contributed by atoms with van der Waals surface area (Å²) in [5.74, 6) is -0.184. The summed E-state index contributed by atoms with van der Waals surface area (Å²) in [6, 6.07) is 17.7. The van der Waals surface area contributed by atoms with Crippen LogP contribution in [0.4, 0.5) is 0 Å². The largest absolute Gasteiger partial charge is 0.353 e. The van der Waals surface area contributed by atoms with E-state index in [-0.39, 0.29) is 36.1 Å². The topological polar surface area (TPSA) is 59.1 Å². The number of imide groups is 1. The number of amides is 2. The maximum absolute atomic E-state index is 13.1. The molecule has 6 heteroatoms. The molecule has 2 aromatic rings. The van der Waals surface area contributed by atoms with Crippen molar-refractivity contribution in [2.45, 2.75) is 52.0 Å². The van der Waals surface area contributed by atoms with Gasteiger partial charge in [0.1, 0.15) is 0 Å². The third-order valence-electron chi connectivity index (χ3n) is 6.90. The van der Waals surface area contributed by atoms with Crippen LogP contribution < -0.4 is 0 Å². The molecular formula is C27H34N2O4. The summed E-state index contributed by atoms with van der Waals surface area (Å²) in [5.41, 5.74) is 2.23. The number of hydrogen-bond donors (Lipinski definition) is 0. The van der Waals surface area contributed by atoms with Gasteiger partial charge in [-0.25, -0.2) is 0 Å². The van der Waals surface area contributed by atoms with Gasteiger partial charge in [0.25, 0.3) is 11.8 Å². The number of benzene rings is 2. The molecule has 0 spiro atoms. The van der Waals surface area contributed by atoms with Crippen molar-refractivity contribution in [2.75, 3.05) is 26.3 Å². The molecule has 2 aromatic carbocycles. The lowest BCUT2D eigenvalue weighted by Gasteiger charge is -2.45. The van der Waals surface area contributed by atoms with Gasteiger partial charge in [-0.05, 0) is 57.9 Å². The first-order chi connectivity index (χ1) is 16.0. The summed E-state index contributed by atoms with van der Waals surface area (Å²) in [7, 11) is 0. The number of fused-ring (bicyclic) bond motifs is 1. The lowest BCUT2D eigenvalue weighted by Crippen LogP contribution is -2.52. The van der Waals surface area contributed by atoms with E-state index in [1.807, 2.05) is 32.0 Å². The highest BCUT2D eigenvalue weighted by molar-refractivity contribution is 6.21. The molecule has 1 saturated heterocycles. The molecule has 176 valence electrons. The Bertz CT molecular complexity index is 923. The number of nitrogens with zero attached hydrogens (tertiary/aromatic N) is 2. The van der Waals surface area contributed by atoms with E-state index >= 15 is 0 Å². The predicted octanol–water partition coefficient (Wildman–Crippen LogP) is 4.52. The second-order valence-electron chi connectivity index (χ2n) is 8.81. The highest BCUT2D eigenvalue weighted by Gasteiger charge is 2.41. The molecule has 1 fully saturated rings. The number of ether oxygens (including phenoxy) is 2. The number of likely N-dealkylation sites (tertiary alicyclic amines) is 1. The SMILES string of the molecule is CCOC(OCC)C1CCN(C(C)c2ccccc2)C(CN2C(=O)c3ccccc3C2=O)C1. The molecule has 0 radical (unpaired) electrons. The van der Waals surface area contributed by atoms with Crippen LogP contribution in [0.5, 0.6) is 0 Å². The van der Waals surface area contributed by atoms with Crippen molar-refractivity contribution in [1.29, 1.82) is 0 Å². The van der Waals surface area contributed by atoms with Gasteiger partial charge in [0.2, 0.25) is 0 Å². The average molecular weight is 451 g/mol. The van der Waals surface area contributed by atoms with Crippen molar-refractivity contribution in [3.63, 3.8) is 0 Å². The van der Waals surface area contributed by atoms with E-state index in [0.717, 1.165) is 19.4 Å². The minimum Gasteiger partial charge on any atom is -0.353 e. The van der Waals surface area contributed by atoms with E-state index in [0.29, 0.717) is 30.9 Å². The van der Waals surface area contributed by atoms with E-state index < -0.39 is 0 Å². The van der Waals surface area contributed by atoms with Crippen molar-refractivity contribution in [2.24, 2.45) is 5.92 Å². The van der Waals surface area contributed by atoms with Gasteiger partial charge >= 0.3 is 0 Å². The van der Waals surface area contributed by atoms with Crippen LogP contribution in [0.15, 0.2) is 54.6 Å². The molecule has 2 aliphatic rings. The molecule has 4 rings (SSSR count). The maximum atomic E-state index is 13.1. The van der Waals surface area contributed by atoms with Crippen LogP contribution in [0.25, 0.3) is 0 Å². The third kappa shape index (κ3) is 4.88. The lowest BCUT2D eigenvalue weighted by molar-refractivity contribution is -0.180. The molecule has 33 heavy (non-hydrogen) atoms. The van der Waals surface area contributed by atoms with Gasteiger partial charge in [0.15, 0.2) is 6.29 Å². The fourth-order valence-electron chi connectivity index (χ4n) is 5.22. The average Bonchev–Trinajstić information content (AvgIpc) is 3.09. The first-order valence-corrected chi connectivity index (χ1v) is 12.0. The highest BCUT2D eigenvalue weighted by atomic mass is 16.7. The van der Waals surface area contributed by atoms with Crippen molar-refractivity contribution in [1.82, 2.24) is 9.80 Å². The third-order valence-corrected chi connectivity index (χ3v) is 6.90. The number of rotatable bonds is 9. The van der Waals surface area contributed by atoms with Crippen LogP contribution in [0.1, 0.15) is 65.9 Å². The maximum Gasteiger partial charge on any atom is 0.261 e. The molecular weight excluding hydrogens is 416 g/mol. The fourth-order valence-corrected chi connectivity index (χ4v) is 5.22. The summed E-state index contributed by atoms with van der Waals surface area (Å²) < 4.78 is 11.9. The Balaban J connectivity index is 1.59. The second kappa shape index (κ2) is 10.6. The van der Waals surface area contributed by atoms with Crippen LogP contribution in [0.3, 0.4) is 0 Å². The monoisotopic (exact) mass is 450 g/mol. The zero-order chi connectivity index (χ0) is 23.4. The second-order valence-corrected chi connectivity index (χ2v) is 8.81. The molecule has 2 amide bonds. The van der Waals surface area contributed by atoms with Crippen molar-refractivity contribution >= 4 is 11.8 Å². The Labute approximate surface area is 196 Å². The highest BCUT2D eigenvalue weighted by Crippen LogP contribution is 2.35. The first-order valence-electron chi connectivity index (χ1n) is 12.0. The molecule has 0 N–H and O–H groups in total. The summed E-state index contributed by atoms with van der Waals surface area (Å²) in [4.78, 5) is 30.0. The number of piperidine rings is 1. The van der Waals surface area contributed by atoms with Crippen LogP contribution in [0, 0.1) is 5.92 Å². The number of carbonyl (C=O) groups is 2. The van der Waals surface area contributed by atoms with E-state index in [4.69, 9.17) is 9.47 Å². The van der Waals surface area contributed by atoms with Gasteiger partial charge in [-0.2, -0.15) is 0 Å². The Hall–Kier alpha value is -2.54. The lowest BCUT2D eigenvalue weighted by atomic mass is 9.87. The van der Waals surface area contributed by atoms with E-state index in [9.17, 15) is 9.59 Å². The van der Waals surface area contributed by atoms with Crippen LogP contribution >= 0.6 is 0 Å². The number of hydrogen-bond acceptors (Lipinski definition) is 5. The van der Waals surface area contributed by atoms with Crippen LogP contribution in [-0.4, -0.2) is 60.2 Å². The normalized spacial score (nSPS) is 22.1. The summed E-state index contributed by atoms with van der Waals surface area (Å²) in [6.07, 6.45) is 1.48. The number of carbonyl (C=O) groups excluding carboxylic acids is 2. The first kappa shape index (κ1) is 23.6. The molecule has 6 nitrogen and oxygen atoms in total. The Morgan fingerprint density at radius 1 is 0.909 bits per heavy atom. The van der Waals surface area contributed by atoms with Gasteiger partial charge in [0.05, 0.1) is 11.1 Å². The Kier molecular flexibility index (Phi) is 7.58. The molecule has 0 saturated carbocycles. The molecule has 0 aromatic heterocycles. The summed E-state index contributed by atoms with van der Waals surface area (Å²) in [6.45, 7) is 8.57. The van der Waals surface area contributed by atoms with Crippen LogP contribution in [0.2, 0.25) is 0 Å². The van der Waals surface area contributed by atoms with Crippen LogP contribution in [-0.2, 0) is 9.47 Å². The Morgan fingerprint density at radius 3 is 2.06 bits per heavy atom. The molecule has 2 aliphatic heterocycles. The molecule has 2 heterocycles. The molecule has 0 bridgehead atoms. The van der Waals surface area contributed by atoms with Gasteiger partial charge in [-0.1, -0.05) is 42.5 Å². The zero-order valence-corrected chi connectivity index (χ0v) is 19.8. The van der Waals surface area contributed by atoms with E-state index in [1.54, 1.807) is 12.1 Å². The quantitative estimate of drug-likeness (QED) is 0.415. The van der Waals surface area contributed by atoms with Crippen molar-refractivity contribution in [3.05, 3.63) is 71.3 Å². The minimum atomic E-state index is -0.265. The Morgan fingerprint density at radius 2 is 1.48 bits per heavy atom. The molecule has 0 aliphatic carbocycles. The predicted molar refractivity (Wildman–Crippen MR) is 127 cm³/mol. The molecule has 3 atom stereocenters. The smallest absolute Gasteiger partial charge is 0.261 e. The standard InChI is InChI=1S/C27H34N2O4/c1-4-32-27(33-5-2)21-15-16-28(19(3)20-11-7-6-8-12-20)22(17-21)18-29-25(30)23-13-9-10-14-24(23)26(29)31/h6-14,19,21-22,27H,4-5,15-18H2,1-3H3. The van der Waals surface area contributed by atoms with Gasteiger partial charge in [-0.3, -0.25) is 19.4 Å². The van der Waals surface area contributed by atoms with Gasteiger partial charge in [-0.15, -0.1) is 0 Å². The van der Waals surface area contributed by atoms with Crippen molar-refractivity contribution < 1.29 is 19.1 Å². The summed E-state index contributed by atoms with van der Waals surface area (Å²) >= 11 is 0. The molecule has 3 unspecified atom stereocenters. The van der Waals surface area contributed by atoms with Gasteiger partial charge < -0.3 is 9.47 Å².